The first kappa shape index (κ1) is 20.5. The Bertz CT molecular complexity index is 1270. The number of nitrogens with one attached hydrogen (secondary N) is 1. The molecule has 2 aromatic heterocycles. The minimum Gasteiger partial charge on any atom is -0.507 e. The normalized spacial score (nSPS) is 12.4. The molecule has 1 aliphatic heterocycles. The van der Waals surface area contributed by atoms with Gasteiger partial charge in [-0.3, -0.25) is 19.1 Å². The van der Waals surface area contributed by atoms with Crippen molar-refractivity contribution in [1.82, 2.24) is 14.9 Å². The van der Waals surface area contributed by atoms with E-state index in [0.717, 1.165) is 17.7 Å². The Labute approximate surface area is 176 Å². The quantitative estimate of drug-likeness (QED) is 0.661. The highest BCUT2D eigenvalue weighted by molar-refractivity contribution is 5.97. The van der Waals surface area contributed by atoms with Crippen LogP contribution < -0.4 is 10.9 Å². The summed E-state index contributed by atoms with van der Waals surface area (Å²) < 4.78 is 28.1. The van der Waals surface area contributed by atoms with Crippen molar-refractivity contribution in [2.24, 2.45) is 0 Å². The van der Waals surface area contributed by atoms with Gasteiger partial charge in [-0.15, -0.1) is 0 Å². The molecule has 158 valence electrons. The first-order valence-electron chi connectivity index (χ1n) is 9.62. The first-order chi connectivity index (χ1) is 14.8. The van der Waals surface area contributed by atoms with Crippen molar-refractivity contribution in [1.29, 1.82) is 0 Å². The summed E-state index contributed by atoms with van der Waals surface area (Å²) in [6.45, 7) is 1.97. The van der Waals surface area contributed by atoms with Crippen LogP contribution in [-0.2, 0) is 24.2 Å². The number of carbonyl (C=O) groups excluding carboxylic acids is 1. The maximum Gasteiger partial charge on any atom is 0.262 e. The molecule has 0 radical (unpaired) electrons. The van der Waals surface area contributed by atoms with Gasteiger partial charge in [0.2, 0.25) is 5.91 Å². The first-order valence-corrected chi connectivity index (χ1v) is 9.62. The number of nitrogens with zero attached hydrogens (tertiary/aromatic N) is 2. The molecule has 1 amide bonds. The molecular formula is C23H19F2N3O3. The van der Waals surface area contributed by atoms with E-state index in [0.29, 0.717) is 28.9 Å². The Balaban J connectivity index is 1.61. The number of carbonyl (C=O) groups is 1. The van der Waals surface area contributed by atoms with Crippen LogP contribution >= 0.6 is 0 Å². The zero-order valence-electron chi connectivity index (χ0n) is 16.7. The fourth-order valence-corrected chi connectivity index (χ4v) is 3.60. The van der Waals surface area contributed by atoms with Gasteiger partial charge in [-0.1, -0.05) is 6.07 Å². The Morgan fingerprint density at radius 3 is 2.61 bits per heavy atom. The van der Waals surface area contributed by atoms with Crippen LogP contribution in [0.15, 0.2) is 53.1 Å². The zero-order chi connectivity index (χ0) is 22.1. The third kappa shape index (κ3) is 3.96. The topological polar surface area (TPSA) is 84.2 Å². The number of hydrogen-bond donors (Lipinski definition) is 2. The summed E-state index contributed by atoms with van der Waals surface area (Å²) in [6, 6.07) is 6.91. The largest absolute Gasteiger partial charge is 0.507 e. The highest BCUT2D eigenvalue weighted by Crippen LogP contribution is 2.29. The molecule has 8 heteroatoms. The summed E-state index contributed by atoms with van der Waals surface area (Å²) in [7, 11) is 0. The van der Waals surface area contributed by atoms with Crippen LogP contribution in [0.25, 0.3) is 6.20 Å². The predicted octanol–water partition coefficient (Wildman–Crippen LogP) is 2.84. The minimum atomic E-state index is -1.02. The second kappa shape index (κ2) is 8.14. The number of pyridine rings is 2. The van der Waals surface area contributed by atoms with Crippen molar-refractivity contribution in [2.45, 2.75) is 26.3 Å². The lowest BCUT2D eigenvalue weighted by molar-refractivity contribution is -0.117. The van der Waals surface area contributed by atoms with Gasteiger partial charge in [0.25, 0.3) is 5.56 Å². The third-order valence-corrected chi connectivity index (χ3v) is 5.34. The molecule has 0 atom stereocenters. The minimum absolute atomic E-state index is 0.0574. The highest BCUT2D eigenvalue weighted by atomic mass is 19.2. The number of amides is 1. The van der Waals surface area contributed by atoms with E-state index >= 15 is 0 Å². The van der Waals surface area contributed by atoms with Crippen LogP contribution in [0.1, 0.15) is 27.9 Å². The molecule has 4 rings (SSSR count). The molecule has 2 N–H and O–H groups in total. The molecule has 6 nitrogen and oxygen atoms in total. The number of hydrogen-bond acceptors (Lipinski definition) is 4. The van der Waals surface area contributed by atoms with Crippen molar-refractivity contribution >= 4 is 12.1 Å². The smallest absolute Gasteiger partial charge is 0.262 e. The molecule has 0 aliphatic carbocycles. The van der Waals surface area contributed by atoms with Gasteiger partial charge in [0.15, 0.2) is 11.6 Å². The van der Waals surface area contributed by atoms with Crippen LogP contribution in [0.2, 0.25) is 0 Å². The maximum absolute atomic E-state index is 13.5. The standard InChI is InChI=1S/C23H19F2N3O3/c1-13-20-10-16(22(30)27-11-14-4-6-26-7-5-14)12-28(20)23(31)17(21(13)29)8-15-2-3-18(24)19(25)9-15/h2-7,9,12,29H,8,10-11H2,1H3,(H,27,30). The van der Waals surface area contributed by atoms with Crippen molar-refractivity contribution < 1.29 is 18.7 Å². The summed E-state index contributed by atoms with van der Waals surface area (Å²) >= 11 is 0. The molecule has 3 heterocycles. The Hall–Kier alpha value is -3.81. The van der Waals surface area contributed by atoms with Crippen molar-refractivity contribution in [3.05, 3.63) is 98.2 Å². The van der Waals surface area contributed by atoms with Crippen LogP contribution in [0, 0.1) is 18.6 Å². The fourth-order valence-electron chi connectivity index (χ4n) is 3.60. The van der Waals surface area contributed by atoms with E-state index in [2.05, 4.69) is 10.3 Å². The van der Waals surface area contributed by atoms with Crippen molar-refractivity contribution in [2.75, 3.05) is 0 Å². The predicted molar refractivity (Wildman–Crippen MR) is 110 cm³/mol. The molecule has 0 spiro atoms. The van der Waals surface area contributed by atoms with E-state index in [4.69, 9.17) is 0 Å². The SMILES string of the molecule is Cc1c(O)c(Cc2ccc(F)c(F)c2)c(=O)n2c1CC(C(=O)NCc1ccncc1)=C2. The van der Waals surface area contributed by atoms with Gasteiger partial charge >= 0.3 is 0 Å². The lowest BCUT2D eigenvalue weighted by Crippen LogP contribution is -2.24. The second-order valence-corrected chi connectivity index (χ2v) is 7.37. The van der Waals surface area contributed by atoms with E-state index < -0.39 is 17.2 Å². The Kier molecular flexibility index (Phi) is 5.37. The molecule has 31 heavy (non-hydrogen) atoms. The van der Waals surface area contributed by atoms with E-state index in [-0.39, 0.29) is 30.1 Å². The summed E-state index contributed by atoms with van der Waals surface area (Å²) in [6.07, 6.45) is 4.85. The van der Waals surface area contributed by atoms with Gasteiger partial charge < -0.3 is 10.4 Å². The number of aromatic nitrogens is 2. The van der Waals surface area contributed by atoms with Gasteiger partial charge in [-0.2, -0.15) is 0 Å². The lowest BCUT2D eigenvalue weighted by Gasteiger charge is -2.13. The number of fused-ring (bicyclic) bond motifs is 1. The molecular weight excluding hydrogens is 404 g/mol. The summed E-state index contributed by atoms with van der Waals surface area (Å²) in [4.78, 5) is 29.5. The average molecular weight is 423 g/mol. The number of rotatable bonds is 5. The molecule has 0 bridgehead atoms. The van der Waals surface area contributed by atoms with Crippen molar-refractivity contribution in [3.63, 3.8) is 0 Å². The maximum atomic E-state index is 13.5. The summed E-state index contributed by atoms with van der Waals surface area (Å²) in [5, 5.41) is 13.4. The third-order valence-electron chi connectivity index (χ3n) is 5.34. The number of benzene rings is 1. The van der Waals surface area contributed by atoms with Crippen LogP contribution in [0.4, 0.5) is 8.78 Å². The van der Waals surface area contributed by atoms with Gasteiger partial charge in [-0.05, 0) is 42.3 Å². The molecule has 3 aromatic rings. The molecule has 0 saturated heterocycles. The molecule has 1 aliphatic rings. The average Bonchev–Trinajstić information content (AvgIpc) is 3.23. The van der Waals surface area contributed by atoms with E-state index in [9.17, 15) is 23.5 Å². The van der Waals surface area contributed by atoms with Crippen LogP contribution in [0.5, 0.6) is 5.75 Å². The van der Waals surface area contributed by atoms with Crippen molar-refractivity contribution in [3.8, 4) is 5.75 Å². The van der Waals surface area contributed by atoms with Crippen LogP contribution in [0.3, 0.4) is 0 Å². The van der Waals surface area contributed by atoms with E-state index in [1.54, 1.807) is 31.5 Å². The van der Waals surface area contributed by atoms with Crippen LogP contribution in [-0.4, -0.2) is 20.6 Å². The summed E-state index contributed by atoms with van der Waals surface area (Å²) in [5.41, 5.74) is 2.17. The van der Waals surface area contributed by atoms with E-state index in [1.165, 1.54) is 16.8 Å². The lowest BCUT2D eigenvalue weighted by atomic mass is 10.0. The molecule has 0 unspecified atom stereocenters. The number of halogens is 2. The van der Waals surface area contributed by atoms with Gasteiger partial charge in [0, 0.05) is 54.8 Å². The molecule has 0 saturated carbocycles. The highest BCUT2D eigenvalue weighted by Gasteiger charge is 2.26. The Morgan fingerprint density at radius 2 is 1.90 bits per heavy atom. The monoisotopic (exact) mass is 423 g/mol. The van der Waals surface area contributed by atoms with Gasteiger partial charge in [-0.25, -0.2) is 8.78 Å². The Morgan fingerprint density at radius 1 is 1.16 bits per heavy atom. The fraction of sp³-hybridized carbons (Fsp3) is 0.174. The van der Waals surface area contributed by atoms with E-state index in [1.807, 2.05) is 0 Å². The molecule has 1 aromatic carbocycles. The summed E-state index contributed by atoms with van der Waals surface area (Å²) in [5.74, 6) is -2.53. The van der Waals surface area contributed by atoms with Gasteiger partial charge in [0.1, 0.15) is 5.75 Å². The number of aromatic hydroxyl groups is 1. The molecule has 0 fully saturated rings. The zero-order valence-corrected chi connectivity index (χ0v) is 16.7. The van der Waals surface area contributed by atoms with Gasteiger partial charge in [0.05, 0.1) is 5.56 Å². The second-order valence-electron chi connectivity index (χ2n) is 7.37.